The molecule has 4 nitrogen and oxygen atoms in total. The zero-order valence-corrected chi connectivity index (χ0v) is 21.8. The molecule has 37 heavy (non-hydrogen) atoms. The molecule has 1 amide bonds. The van der Waals surface area contributed by atoms with Crippen LogP contribution in [0.3, 0.4) is 0 Å². The molecule has 4 rings (SSSR count). The third-order valence-electron chi connectivity index (χ3n) is 6.42. The van der Waals surface area contributed by atoms with Gasteiger partial charge in [0.15, 0.2) is 0 Å². The van der Waals surface area contributed by atoms with Crippen molar-refractivity contribution in [3.8, 4) is 5.75 Å². The number of para-hydroxylation sites is 1. The molecule has 0 radical (unpaired) electrons. The Morgan fingerprint density at radius 3 is 2.35 bits per heavy atom. The van der Waals surface area contributed by atoms with Crippen LogP contribution in [0.1, 0.15) is 12.0 Å². The number of hydrogen-bond acceptors (Lipinski definition) is 3. The lowest BCUT2D eigenvalue weighted by molar-refractivity contribution is -0.274. The molecule has 1 heterocycles. The summed E-state index contributed by atoms with van der Waals surface area (Å²) in [4.78, 5) is 17.6. The van der Waals surface area contributed by atoms with Gasteiger partial charge in [0.2, 0.25) is 5.91 Å². The Morgan fingerprint density at radius 2 is 1.65 bits per heavy atom. The lowest BCUT2D eigenvalue weighted by atomic mass is 9.97. The Kier molecular flexibility index (Phi) is 7.97. The average molecular weight is 523 g/mol. The van der Waals surface area contributed by atoms with E-state index in [4.69, 9.17) is 0 Å². The molecule has 3 aromatic carbocycles. The topological polar surface area (TPSA) is 51.2 Å². The molecule has 1 unspecified atom stereocenters. The van der Waals surface area contributed by atoms with Gasteiger partial charge in [0.1, 0.15) is 5.75 Å². The first-order chi connectivity index (χ1) is 17.6. The number of amides is 1. The highest BCUT2D eigenvalue weighted by Crippen LogP contribution is 2.28. The molecule has 4 aromatic rings. The summed E-state index contributed by atoms with van der Waals surface area (Å²) in [5.41, 5.74) is 2.25. The number of fused-ring (bicyclic) bond motifs is 1. The number of halogens is 3. The van der Waals surface area contributed by atoms with Gasteiger partial charge in [-0.3, -0.25) is 9.78 Å². The number of pyridine rings is 1. The van der Waals surface area contributed by atoms with E-state index in [0.717, 1.165) is 22.5 Å². The monoisotopic (exact) mass is 522 g/mol. The SMILES string of the molecule is C[Si](C)(CC(CC(=O)Nc1cccc2cccnc12)Cc1ccc(OC(F)(F)F)cc1)c1ccccc1. The minimum atomic E-state index is -4.73. The van der Waals surface area contributed by atoms with Crippen molar-refractivity contribution in [2.45, 2.75) is 38.3 Å². The highest BCUT2D eigenvalue weighted by molar-refractivity contribution is 6.89. The van der Waals surface area contributed by atoms with Gasteiger partial charge in [-0.05, 0) is 48.2 Å². The molecule has 0 aliphatic carbocycles. The van der Waals surface area contributed by atoms with Gasteiger partial charge in [0, 0.05) is 18.0 Å². The van der Waals surface area contributed by atoms with E-state index >= 15 is 0 Å². The molecule has 0 bridgehead atoms. The predicted octanol–water partition coefficient (Wildman–Crippen LogP) is 6.94. The Bertz CT molecular complexity index is 1340. The molecule has 192 valence electrons. The summed E-state index contributed by atoms with van der Waals surface area (Å²) in [6.45, 7) is 4.56. The van der Waals surface area contributed by atoms with Gasteiger partial charge < -0.3 is 10.1 Å². The summed E-state index contributed by atoms with van der Waals surface area (Å²) >= 11 is 0. The van der Waals surface area contributed by atoms with Crippen molar-refractivity contribution >= 4 is 35.8 Å². The van der Waals surface area contributed by atoms with E-state index < -0.39 is 14.4 Å². The number of carbonyl (C=O) groups is 1. The van der Waals surface area contributed by atoms with E-state index in [1.165, 1.54) is 17.3 Å². The molecular weight excluding hydrogens is 493 g/mol. The fraction of sp³-hybridized carbons (Fsp3) is 0.241. The second-order valence-electron chi connectivity index (χ2n) is 9.85. The lowest BCUT2D eigenvalue weighted by Crippen LogP contribution is -2.43. The van der Waals surface area contributed by atoms with E-state index in [-0.39, 0.29) is 24.0 Å². The van der Waals surface area contributed by atoms with Crippen LogP contribution in [0, 0.1) is 5.92 Å². The fourth-order valence-corrected chi connectivity index (χ4v) is 7.84. The van der Waals surface area contributed by atoms with E-state index in [1.54, 1.807) is 18.3 Å². The van der Waals surface area contributed by atoms with Crippen LogP contribution in [0.25, 0.3) is 10.9 Å². The zero-order chi connectivity index (χ0) is 26.5. The molecule has 0 spiro atoms. The van der Waals surface area contributed by atoms with Gasteiger partial charge in [-0.15, -0.1) is 13.2 Å². The highest BCUT2D eigenvalue weighted by atomic mass is 28.3. The van der Waals surface area contributed by atoms with Gasteiger partial charge in [-0.2, -0.15) is 0 Å². The molecule has 1 aromatic heterocycles. The van der Waals surface area contributed by atoms with Crippen LogP contribution in [0.15, 0.2) is 91.1 Å². The predicted molar refractivity (Wildman–Crippen MR) is 144 cm³/mol. The van der Waals surface area contributed by atoms with Crippen molar-refractivity contribution in [2.24, 2.45) is 5.92 Å². The number of nitrogens with zero attached hydrogens (tertiary/aromatic N) is 1. The number of carbonyl (C=O) groups excluding carboxylic acids is 1. The van der Waals surface area contributed by atoms with Crippen LogP contribution in [0.2, 0.25) is 19.1 Å². The van der Waals surface area contributed by atoms with Crippen molar-refractivity contribution in [3.05, 3.63) is 96.7 Å². The number of nitrogens with one attached hydrogen (secondary N) is 1. The summed E-state index contributed by atoms with van der Waals surface area (Å²) in [6.07, 6.45) is -2.19. The molecule has 0 aliphatic rings. The summed E-state index contributed by atoms with van der Waals surface area (Å²) < 4.78 is 41.7. The third-order valence-corrected chi connectivity index (χ3v) is 9.91. The average Bonchev–Trinajstić information content (AvgIpc) is 2.85. The summed E-state index contributed by atoms with van der Waals surface area (Å²) in [5.74, 6) is -0.370. The van der Waals surface area contributed by atoms with Gasteiger partial charge in [0.05, 0.1) is 19.3 Å². The van der Waals surface area contributed by atoms with Crippen LogP contribution < -0.4 is 15.2 Å². The molecular formula is C29H29F3N2O2Si. The summed E-state index contributed by atoms with van der Waals surface area (Å²) in [6, 6.07) is 26.5. The number of aromatic nitrogens is 1. The number of benzene rings is 3. The number of ether oxygens (including phenoxy) is 1. The van der Waals surface area contributed by atoms with Crippen molar-refractivity contribution in [1.82, 2.24) is 4.98 Å². The first-order valence-corrected chi connectivity index (χ1v) is 15.3. The number of hydrogen-bond donors (Lipinski definition) is 1. The summed E-state index contributed by atoms with van der Waals surface area (Å²) in [5, 5.41) is 5.27. The van der Waals surface area contributed by atoms with Crippen LogP contribution in [-0.4, -0.2) is 25.3 Å². The maximum atomic E-state index is 13.2. The van der Waals surface area contributed by atoms with Crippen molar-refractivity contribution in [2.75, 3.05) is 5.32 Å². The van der Waals surface area contributed by atoms with E-state index in [2.05, 4.69) is 40.3 Å². The highest BCUT2D eigenvalue weighted by Gasteiger charge is 2.31. The summed E-state index contributed by atoms with van der Waals surface area (Å²) in [7, 11) is -1.91. The number of alkyl halides is 3. The Labute approximate surface area is 215 Å². The molecule has 0 saturated heterocycles. The Morgan fingerprint density at radius 1 is 0.946 bits per heavy atom. The zero-order valence-electron chi connectivity index (χ0n) is 20.8. The minimum absolute atomic E-state index is 0.000747. The second-order valence-corrected chi connectivity index (χ2v) is 14.6. The first-order valence-electron chi connectivity index (χ1n) is 12.1. The van der Waals surface area contributed by atoms with Crippen molar-refractivity contribution < 1.29 is 22.7 Å². The molecule has 1 atom stereocenters. The van der Waals surface area contributed by atoms with E-state index in [1.807, 2.05) is 48.5 Å². The molecule has 0 saturated carbocycles. The maximum Gasteiger partial charge on any atom is 0.573 e. The van der Waals surface area contributed by atoms with Crippen LogP contribution >= 0.6 is 0 Å². The Hall–Kier alpha value is -3.65. The second kappa shape index (κ2) is 11.2. The molecule has 0 fully saturated rings. The smallest absolute Gasteiger partial charge is 0.406 e. The largest absolute Gasteiger partial charge is 0.573 e. The van der Waals surface area contributed by atoms with Gasteiger partial charge in [-0.1, -0.05) is 78.9 Å². The molecule has 8 heteroatoms. The van der Waals surface area contributed by atoms with Crippen molar-refractivity contribution in [1.29, 1.82) is 0 Å². The quantitative estimate of drug-likeness (QED) is 0.242. The van der Waals surface area contributed by atoms with Crippen LogP contribution in [0.5, 0.6) is 5.75 Å². The van der Waals surface area contributed by atoms with Crippen molar-refractivity contribution in [3.63, 3.8) is 0 Å². The van der Waals surface area contributed by atoms with Gasteiger partial charge in [-0.25, -0.2) is 0 Å². The van der Waals surface area contributed by atoms with Crippen LogP contribution in [0.4, 0.5) is 18.9 Å². The minimum Gasteiger partial charge on any atom is -0.406 e. The normalized spacial score (nSPS) is 12.8. The van der Waals surface area contributed by atoms with Gasteiger partial charge in [0.25, 0.3) is 0 Å². The Balaban J connectivity index is 1.53. The number of anilines is 1. The fourth-order valence-electron chi connectivity index (χ4n) is 4.77. The van der Waals surface area contributed by atoms with Gasteiger partial charge >= 0.3 is 6.36 Å². The maximum absolute atomic E-state index is 13.2. The molecule has 0 aliphatic heterocycles. The third kappa shape index (κ3) is 7.42. The number of rotatable bonds is 9. The lowest BCUT2D eigenvalue weighted by Gasteiger charge is -2.28. The standard InChI is InChI=1S/C29H29F3N2O2Si/c1-37(2,25-10-4-3-5-11-25)20-22(18-21-13-15-24(16-14-21)36-29(30,31)32)19-27(35)34-26-12-6-8-23-9-7-17-33-28(23)26/h3-17,22H,18-20H2,1-2H3,(H,34,35). The first kappa shape index (κ1) is 26.4. The van der Waals surface area contributed by atoms with Crippen LogP contribution in [-0.2, 0) is 11.2 Å². The van der Waals surface area contributed by atoms with E-state index in [9.17, 15) is 18.0 Å². The van der Waals surface area contributed by atoms with E-state index in [0.29, 0.717) is 12.1 Å². The molecule has 1 N–H and O–H groups in total.